The van der Waals surface area contributed by atoms with Crippen LogP contribution in [0, 0.1) is 12.7 Å². The minimum Gasteiger partial charge on any atom is -0.491 e. The van der Waals surface area contributed by atoms with Gasteiger partial charge in [0.1, 0.15) is 0 Å². The molecule has 2 rings (SSSR count). The van der Waals surface area contributed by atoms with E-state index in [2.05, 4.69) is 10.1 Å². The zero-order chi connectivity index (χ0) is 13.8. The second-order valence-corrected chi connectivity index (χ2v) is 3.95. The average Bonchev–Trinajstić information content (AvgIpc) is 2.68. The van der Waals surface area contributed by atoms with Crippen molar-refractivity contribution in [3.63, 3.8) is 0 Å². The lowest BCUT2D eigenvalue weighted by Crippen LogP contribution is -1.98. The standard InChI is InChI=1S/C13H15FN4O/c1-3-19-12-5-4-10(6-11(12)14)7-16-18-8-9(2)17-13(18)15/h4-8H,3H2,1-2H3,(H2,15,17). The lowest BCUT2D eigenvalue weighted by atomic mass is 10.2. The van der Waals surface area contributed by atoms with Crippen LogP contribution in [-0.4, -0.2) is 22.5 Å². The smallest absolute Gasteiger partial charge is 0.221 e. The van der Waals surface area contributed by atoms with E-state index in [-0.39, 0.29) is 5.75 Å². The van der Waals surface area contributed by atoms with Crippen LogP contribution >= 0.6 is 0 Å². The third-order valence-electron chi connectivity index (χ3n) is 2.42. The molecule has 100 valence electrons. The number of imidazole rings is 1. The Morgan fingerprint density at radius 2 is 2.32 bits per heavy atom. The fraction of sp³-hybridized carbons (Fsp3) is 0.231. The van der Waals surface area contributed by atoms with Gasteiger partial charge in [-0.1, -0.05) is 0 Å². The first-order chi connectivity index (χ1) is 9.10. The molecule has 0 unspecified atom stereocenters. The Morgan fingerprint density at radius 3 is 2.89 bits per heavy atom. The Balaban J connectivity index is 2.19. The lowest BCUT2D eigenvalue weighted by molar-refractivity contribution is 0.321. The normalized spacial score (nSPS) is 11.1. The summed E-state index contributed by atoms with van der Waals surface area (Å²) in [6.07, 6.45) is 3.20. The molecule has 1 aromatic heterocycles. The molecule has 0 atom stereocenters. The molecule has 0 amide bonds. The van der Waals surface area contributed by atoms with Crippen LogP contribution in [0.2, 0.25) is 0 Å². The number of halogens is 1. The summed E-state index contributed by atoms with van der Waals surface area (Å²) in [6.45, 7) is 4.05. The van der Waals surface area contributed by atoms with E-state index in [1.165, 1.54) is 17.0 Å². The second kappa shape index (κ2) is 5.51. The number of ether oxygens (including phenoxy) is 1. The predicted molar refractivity (Wildman–Crippen MR) is 71.9 cm³/mol. The SMILES string of the molecule is CCOc1ccc(C=Nn2cc(C)nc2N)cc1F. The van der Waals surface area contributed by atoms with Crippen molar-refractivity contribution in [2.45, 2.75) is 13.8 Å². The summed E-state index contributed by atoms with van der Waals surface area (Å²) >= 11 is 0. The molecule has 0 saturated carbocycles. The monoisotopic (exact) mass is 262 g/mol. The highest BCUT2D eigenvalue weighted by Gasteiger charge is 2.03. The molecule has 1 heterocycles. The quantitative estimate of drug-likeness (QED) is 0.859. The molecule has 5 nitrogen and oxygen atoms in total. The van der Waals surface area contributed by atoms with Gasteiger partial charge in [0.15, 0.2) is 11.6 Å². The van der Waals surface area contributed by atoms with Crippen molar-refractivity contribution < 1.29 is 9.13 Å². The molecule has 0 bridgehead atoms. The number of nitrogens with two attached hydrogens (primary N) is 1. The molecule has 0 saturated heterocycles. The topological polar surface area (TPSA) is 65.4 Å². The molecular weight excluding hydrogens is 247 g/mol. The zero-order valence-corrected chi connectivity index (χ0v) is 10.8. The molecule has 0 aliphatic rings. The molecule has 0 spiro atoms. The van der Waals surface area contributed by atoms with Crippen molar-refractivity contribution in [2.75, 3.05) is 12.3 Å². The van der Waals surface area contributed by atoms with Crippen LogP contribution in [0.25, 0.3) is 0 Å². The Morgan fingerprint density at radius 1 is 1.53 bits per heavy atom. The number of anilines is 1. The van der Waals surface area contributed by atoms with Gasteiger partial charge in [0.05, 0.1) is 24.7 Å². The van der Waals surface area contributed by atoms with Gasteiger partial charge in [-0.2, -0.15) is 5.10 Å². The van der Waals surface area contributed by atoms with E-state index in [0.717, 1.165) is 5.69 Å². The Kier molecular flexibility index (Phi) is 3.79. The third kappa shape index (κ3) is 3.09. The minimum absolute atomic E-state index is 0.234. The Labute approximate surface area is 110 Å². The summed E-state index contributed by atoms with van der Waals surface area (Å²) in [5.74, 6) is 0.110. The molecule has 0 aliphatic heterocycles. The number of benzene rings is 1. The molecule has 6 heteroatoms. The van der Waals surface area contributed by atoms with Crippen molar-refractivity contribution in [3.05, 3.63) is 41.5 Å². The molecular formula is C13H15FN4O. The van der Waals surface area contributed by atoms with Crippen LogP contribution in [-0.2, 0) is 0 Å². The van der Waals surface area contributed by atoms with E-state index >= 15 is 0 Å². The van der Waals surface area contributed by atoms with Gasteiger partial charge in [0, 0.05) is 0 Å². The number of nitrogen functional groups attached to an aromatic ring is 1. The van der Waals surface area contributed by atoms with Gasteiger partial charge in [-0.3, -0.25) is 0 Å². The van der Waals surface area contributed by atoms with E-state index in [4.69, 9.17) is 10.5 Å². The number of nitrogens with zero attached hydrogens (tertiary/aromatic N) is 3. The fourth-order valence-electron chi connectivity index (χ4n) is 1.60. The largest absolute Gasteiger partial charge is 0.491 e. The molecule has 0 radical (unpaired) electrons. The number of rotatable bonds is 4. The van der Waals surface area contributed by atoms with Gasteiger partial charge in [0.2, 0.25) is 5.95 Å². The van der Waals surface area contributed by atoms with Gasteiger partial charge in [0.25, 0.3) is 0 Å². The first kappa shape index (κ1) is 13.1. The van der Waals surface area contributed by atoms with Crippen LogP contribution in [0.5, 0.6) is 5.75 Å². The summed E-state index contributed by atoms with van der Waals surface area (Å²) in [5.41, 5.74) is 7.03. The number of hydrogen-bond donors (Lipinski definition) is 1. The van der Waals surface area contributed by atoms with Crippen molar-refractivity contribution in [3.8, 4) is 5.75 Å². The third-order valence-corrected chi connectivity index (χ3v) is 2.42. The minimum atomic E-state index is -0.416. The highest BCUT2D eigenvalue weighted by atomic mass is 19.1. The molecule has 2 aromatic rings. The van der Waals surface area contributed by atoms with E-state index in [0.29, 0.717) is 18.1 Å². The molecule has 1 aromatic carbocycles. The van der Waals surface area contributed by atoms with Gasteiger partial charge >= 0.3 is 0 Å². The molecule has 0 aliphatic carbocycles. The van der Waals surface area contributed by atoms with Gasteiger partial charge in [-0.25, -0.2) is 14.1 Å². The summed E-state index contributed by atoms with van der Waals surface area (Å²) in [7, 11) is 0. The maximum Gasteiger partial charge on any atom is 0.221 e. The summed E-state index contributed by atoms with van der Waals surface area (Å²) in [5, 5.41) is 4.11. The fourth-order valence-corrected chi connectivity index (χ4v) is 1.60. The maximum atomic E-state index is 13.6. The molecule has 0 fully saturated rings. The summed E-state index contributed by atoms with van der Waals surface area (Å²) in [4.78, 5) is 4.01. The van der Waals surface area contributed by atoms with Crippen molar-refractivity contribution in [2.24, 2.45) is 5.10 Å². The van der Waals surface area contributed by atoms with Crippen molar-refractivity contribution in [1.29, 1.82) is 0 Å². The Bertz CT molecular complexity index is 607. The lowest BCUT2D eigenvalue weighted by Gasteiger charge is -2.04. The van der Waals surface area contributed by atoms with Crippen LogP contribution in [0.15, 0.2) is 29.5 Å². The van der Waals surface area contributed by atoms with Crippen LogP contribution in [0.4, 0.5) is 10.3 Å². The molecule has 19 heavy (non-hydrogen) atoms. The van der Waals surface area contributed by atoms with Gasteiger partial charge in [-0.05, 0) is 37.6 Å². The van der Waals surface area contributed by atoms with E-state index in [9.17, 15) is 4.39 Å². The van der Waals surface area contributed by atoms with E-state index < -0.39 is 5.82 Å². The molecule has 2 N–H and O–H groups in total. The van der Waals surface area contributed by atoms with Crippen molar-refractivity contribution in [1.82, 2.24) is 9.66 Å². The van der Waals surface area contributed by atoms with Crippen LogP contribution in [0.1, 0.15) is 18.2 Å². The maximum absolute atomic E-state index is 13.6. The first-order valence-electron chi connectivity index (χ1n) is 5.88. The van der Waals surface area contributed by atoms with Crippen LogP contribution in [0.3, 0.4) is 0 Å². The number of aryl methyl sites for hydroxylation is 1. The van der Waals surface area contributed by atoms with Gasteiger partial charge < -0.3 is 10.5 Å². The van der Waals surface area contributed by atoms with Gasteiger partial charge in [-0.15, -0.1) is 0 Å². The Hall–Kier alpha value is -2.37. The number of aromatic nitrogens is 2. The second-order valence-electron chi connectivity index (χ2n) is 3.95. The predicted octanol–water partition coefficient (Wildman–Crippen LogP) is 2.19. The zero-order valence-electron chi connectivity index (χ0n) is 10.8. The average molecular weight is 262 g/mol. The summed E-state index contributed by atoms with van der Waals surface area (Å²) < 4.78 is 20.2. The first-order valence-corrected chi connectivity index (χ1v) is 5.88. The van der Waals surface area contributed by atoms with E-state index in [1.807, 2.05) is 6.92 Å². The highest BCUT2D eigenvalue weighted by Crippen LogP contribution is 2.17. The highest BCUT2D eigenvalue weighted by molar-refractivity contribution is 5.79. The van der Waals surface area contributed by atoms with Crippen LogP contribution < -0.4 is 10.5 Å². The summed E-state index contributed by atoms with van der Waals surface area (Å²) in [6, 6.07) is 4.65. The van der Waals surface area contributed by atoms with E-state index in [1.54, 1.807) is 25.3 Å². The number of hydrogen-bond acceptors (Lipinski definition) is 4. The van der Waals surface area contributed by atoms with Crippen molar-refractivity contribution >= 4 is 12.2 Å².